The van der Waals surface area contributed by atoms with Gasteiger partial charge in [0, 0.05) is 93.0 Å². The average molecular weight is 564 g/mol. The summed E-state index contributed by atoms with van der Waals surface area (Å²) in [6.45, 7) is 11.5. The molecule has 10 heteroatoms. The molecule has 1 aromatic carbocycles. The Hall–Kier alpha value is -3.24. The van der Waals surface area contributed by atoms with Crippen LogP contribution in [0.4, 0.5) is 15.1 Å². The molecule has 5 heterocycles. The van der Waals surface area contributed by atoms with Crippen LogP contribution in [0, 0.1) is 5.92 Å². The van der Waals surface area contributed by atoms with Crippen LogP contribution in [0.5, 0.6) is 0 Å². The molecular formula is C31H42FN7O2. The number of aromatic amines is 1. The Morgan fingerprint density at radius 1 is 1.07 bits per heavy atom. The number of hydrogen-bond donors (Lipinski definition) is 2. The molecule has 3 aliphatic rings. The van der Waals surface area contributed by atoms with E-state index in [0.717, 1.165) is 74.7 Å². The molecule has 0 unspecified atom stereocenters. The summed E-state index contributed by atoms with van der Waals surface area (Å²) in [6.07, 6.45) is 6.07. The van der Waals surface area contributed by atoms with E-state index in [2.05, 4.69) is 44.8 Å². The third-order valence-corrected chi connectivity index (χ3v) is 9.11. The fraction of sp³-hybridized carbons (Fsp3) is 0.581. The van der Waals surface area contributed by atoms with Crippen LogP contribution in [-0.2, 0) is 6.42 Å². The molecule has 3 aromatic rings. The topological polar surface area (TPSA) is 91.8 Å². The van der Waals surface area contributed by atoms with Crippen molar-refractivity contribution in [1.29, 1.82) is 0 Å². The lowest BCUT2D eigenvalue weighted by molar-refractivity contribution is 0.0665. The zero-order chi connectivity index (χ0) is 28.7. The number of fused-ring (bicyclic) bond motifs is 3. The van der Waals surface area contributed by atoms with E-state index in [1.54, 1.807) is 13.8 Å². The summed E-state index contributed by atoms with van der Waals surface area (Å²) in [6, 6.07) is 8.43. The van der Waals surface area contributed by atoms with E-state index >= 15 is 4.39 Å². The van der Waals surface area contributed by atoms with Crippen molar-refractivity contribution in [1.82, 2.24) is 29.7 Å². The molecule has 0 radical (unpaired) electrons. The van der Waals surface area contributed by atoms with Gasteiger partial charge < -0.3 is 19.9 Å². The van der Waals surface area contributed by atoms with Gasteiger partial charge >= 0.3 is 6.09 Å². The third-order valence-electron chi connectivity index (χ3n) is 9.11. The highest BCUT2D eigenvalue weighted by Gasteiger charge is 2.39. The number of nitrogens with one attached hydrogen (secondary N) is 1. The number of anilines is 1. The van der Waals surface area contributed by atoms with E-state index in [-0.39, 0.29) is 12.1 Å². The maximum atomic E-state index is 15.0. The molecule has 2 aromatic heterocycles. The van der Waals surface area contributed by atoms with Gasteiger partial charge in [-0.15, -0.1) is 0 Å². The molecule has 2 N–H and O–H groups in total. The molecule has 41 heavy (non-hydrogen) atoms. The monoisotopic (exact) mass is 563 g/mol. The number of nitrogens with zero attached hydrogens (tertiary/aromatic N) is 6. The molecule has 2 atom stereocenters. The van der Waals surface area contributed by atoms with E-state index in [4.69, 9.17) is 9.97 Å². The number of H-pyrrole nitrogens is 1. The first-order chi connectivity index (χ1) is 19.7. The fourth-order valence-electron chi connectivity index (χ4n) is 6.98. The number of rotatable bonds is 6. The third kappa shape index (κ3) is 5.90. The number of alkyl halides is 1. The fourth-order valence-corrected chi connectivity index (χ4v) is 6.98. The van der Waals surface area contributed by atoms with E-state index in [1.807, 2.05) is 18.5 Å². The van der Waals surface area contributed by atoms with Crippen molar-refractivity contribution in [2.75, 3.05) is 57.3 Å². The number of aromatic nitrogens is 3. The Labute approximate surface area is 241 Å². The quantitative estimate of drug-likeness (QED) is 0.455. The zero-order valence-corrected chi connectivity index (χ0v) is 24.4. The first-order valence-corrected chi connectivity index (χ1v) is 15.0. The van der Waals surface area contributed by atoms with E-state index < -0.39 is 11.8 Å². The number of carboxylic acid groups (broad SMARTS) is 1. The maximum absolute atomic E-state index is 15.0. The Morgan fingerprint density at radius 3 is 2.41 bits per heavy atom. The van der Waals surface area contributed by atoms with Crippen LogP contribution in [0.2, 0.25) is 0 Å². The van der Waals surface area contributed by atoms with Gasteiger partial charge in [0.2, 0.25) is 5.95 Å². The van der Waals surface area contributed by atoms with Crippen molar-refractivity contribution < 1.29 is 14.3 Å². The van der Waals surface area contributed by atoms with Gasteiger partial charge in [-0.1, -0.05) is 18.2 Å². The predicted octanol–water partition coefficient (Wildman–Crippen LogP) is 4.55. The molecule has 0 aliphatic carbocycles. The van der Waals surface area contributed by atoms with Gasteiger partial charge in [-0.25, -0.2) is 19.2 Å². The summed E-state index contributed by atoms with van der Waals surface area (Å²) < 4.78 is 15.0. The number of para-hydroxylation sites is 1. The normalized spacial score (nSPS) is 23.2. The minimum absolute atomic E-state index is 0.141. The minimum atomic E-state index is -1.33. The second-order valence-electron chi connectivity index (χ2n) is 12.7. The minimum Gasteiger partial charge on any atom is -0.465 e. The summed E-state index contributed by atoms with van der Waals surface area (Å²) in [5.74, 6) is 1.35. The highest BCUT2D eigenvalue weighted by molar-refractivity contribution is 5.85. The van der Waals surface area contributed by atoms with Gasteiger partial charge in [-0.2, -0.15) is 0 Å². The SMILES string of the molecule is C[C@@H]1Cc2c([nH]c3ccccc23)[C@@H](c2cnc(N3CCC(CN4CCN(C(=O)O)CC4)CC3)nc2)N1CC(C)(C)F. The van der Waals surface area contributed by atoms with Crippen LogP contribution in [0.25, 0.3) is 10.9 Å². The van der Waals surface area contributed by atoms with Gasteiger partial charge in [-0.05, 0) is 57.6 Å². The second kappa shape index (κ2) is 11.2. The lowest BCUT2D eigenvalue weighted by Crippen LogP contribution is -2.50. The lowest BCUT2D eigenvalue weighted by atomic mass is 9.88. The Balaban J connectivity index is 1.15. The largest absolute Gasteiger partial charge is 0.465 e. The molecule has 3 aliphatic heterocycles. The number of carbonyl (C=O) groups is 1. The Morgan fingerprint density at radius 2 is 1.76 bits per heavy atom. The summed E-state index contributed by atoms with van der Waals surface area (Å²) in [7, 11) is 0. The van der Waals surface area contributed by atoms with Crippen molar-refractivity contribution >= 4 is 22.9 Å². The molecule has 2 fully saturated rings. The van der Waals surface area contributed by atoms with Crippen LogP contribution >= 0.6 is 0 Å². The molecule has 6 rings (SSSR count). The summed E-state index contributed by atoms with van der Waals surface area (Å²) >= 11 is 0. The van der Waals surface area contributed by atoms with Gasteiger partial charge in [0.05, 0.1) is 6.04 Å². The first kappa shape index (κ1) is 27.9. The van der Waals surface area contributed by atoms with Crippen molar-refractivity contribution in [3.63, 3.8) is 0 Å². The molecule has 9 nitrogen and oxygen atoms in total. The van der Waals surface area contributed by atoms with E-state index in [9.17, 15) is 9.90 Å². The predicted molar refractivity (Wildman–Crippen MR) is 158 cm³/mol. The smallest absolute Gasteiger partial charge is 0.407 e. The maximum Gasteiger partial charge on any atom is 0.407 e. The van der Waals surface area contributed by atoms with Crippen molar-refractivity contribution in [3.05, 3.63) is 53.5 Å². The average Bonchev–Trinajstić information content (AvgIpc) is 3.31. The molecule has 0 spiro atoms. The van der Waals surface area contributed by atoms with Gasteiger partial charge in [0.25, 0.3) is 0 Å². The molecular weight excluding hydrogens is 521 g/mol. The second-order valence-corrected chi connectivity index (χ2v) is 12.7. The summed E-state index contributed by atoms with van der Waals surface area (Å²) in [4.78, 5) is 32.9. The molecule has 220 valence electrons. The van der Waals surface area contributed by atoms with Crippen LogP contribution in [-0.4, -0.2) is 105 Å². The van der Waals surface area contributed by atoms with Crippen LogP contribution in [0.1, 0.15) is 56.5 Å². The molecule has 1 amide bonds. The standard InChI is InChI=1S/C31H42FN7O2/c1-21-16-25-24-6-4-5-7-26(24)35-27(25)28(39(21)20-31(2,3)32)23-17-33-29(34-18-23)37-10-8-22(9-11-37)19-36-12-14-38(15-13-36)30(40)41/h4-7,17-18,21-22,28,35H,8-16,19-20H2,1-3H3,(H,40,41)/t21-,28-/m1/s1. The number of amides is 1. The van der Waals surface area contributed by atoms with Gasteiger partial charge in [0.15, 0.2) is 0 Å². The molecule has 0 bridgehead atoms. The Kier molecular flexibility index (Phi) is 7.63. The lowest BCUT2D eigenvalue weighted by Gasteiger charge is -2.42. The summed E-state index contributed by atoms with van der Waals surface area (Å²) in [5.41, 5.74) is 3.19. The van der Waals surface area contributed by atoms with Crippen LogP contribution in [0.3, 0.4) is 0 Å². The highest BCUT2D eigenvalue weighted by Crippen LogP contribution is 2.41. The van der Waals surface area contributed by atoms with Crippen molar-refractivity contribution in [3.8, 4) is 0 Å². The Bertz CT molecular complexity index is 1360. The number of hydrogen-bond acceptors (Lipinski definition) is 6. The first-order valence-electron chi connectivity index (χ1n) is 15.0. The van der Waals surface area contributed by atoms with Gasteiger partial charge in [-0.3, -0.25) is 9.80 Å². The number of halogens is 1. The molecule has 0 saturated carbocycles. The van der Waals surface area contributed by atoms with Crippen LogP contribution in [0.15, 0.2) is 36.7 Å². The molecule has 2 saturated heterocycles. The van der Waals surface area contributed by atoms with E-state index in [0.29, 0.717) is 25.6 Å². The van der Waals surface area contributed by atoms with Crippen molar-refractivity contribution in [2.24, 2.45) is 5.92 Å². The van der Waals surface area contributed by atoms with Gasteiger partial charge in [0.1, 0.15) is 5.67 Å². The number of piperidine rings is 1. The number of benzene rings is 1. The van der Waals surface area contributed by atoms with E-state index in [1.165, 1.54) is 15.8 Å². The zero-order valence-electron chi connectivity index (χ0n) is 24.4. The summed E-state index contributed by atoms with van der Waals surface area (Å²) in [5, 5.41) is 10.4. The van der Waals surface area contributed by atoms with Crippen LogP contribution < -0.4 is 4.90 Å². The highest BCUT2D eigenvalue weighted by atomic mass is 19.1. The van der Waals surface area contributed by atoms with Crippen molar-refractivity contribution in [2.45, 2.75) is 57.8 Å². The number of piperazine rings is 1.